The van der Waals surface area contributed by atoms with Crippen molar-refractivity contribution in [3.63, 3.8) is 0 Å². The van der Waals surface area contributed by atoms with Gasteiger partial charge in [-0.05, 0) is 20.8 Å². The normalized spacial score (nSPS) is 15.5. The Morgan fingerprint density at radius 3 is 2.36 bits per heavy atom. The van der Waals surface area contributed by atoms with Crippen molar-refractivity contribution >= 4 is 10.0 Å². The third-order valence-electron chi connectivity index (χ3n) is 2.11. The molecule has 6 heteroatoms. The second-order valence-corrected chi connectivity index (χ2v) is 5.77. The first-order valence-corrected chi connectivity index (χ1v) is 6.12. The summed E-state index contributed by atoms with van der Waals surface area (Å²) < 4.78 is 30.2. The molecule has 0 aliphatic heterocycles. The highest BCUT2D eigenvalue weighted by molar-refractivity contribution is 7.89. The highest BCUT2D eigenvalue weighted by atomic mass is 32.2. The zero-order chi connectivity index (χ0) is 11.4. The van der Waals surface area contributed by atoms with Gasteiger partial charge < -0.3 is 10.5 Å². The molecule has 0 radical (unpaired) electrons. The molecular weight excluding hydrogens is 204 g/mol. The molecule has 0 amide bonds. The van der Waals surface area contributed by atoms with Crippen LogP contribution < -0.4 is 10.5 Å². The molecule has 5 nitrogen and oxygen atoms in total. The molecule has 14 heavy (non-hydrogen) atoms. The van der Waals surface area contributed by atoms with Gasteiger partial charge in [0.15, 0.2) is 0 Å². The summed E-state index contributed by atoms with van der Waals surface area (Å²) in [7, 11) is -1.84. The maximum atomic E-state index is 11.5. The van der Waals surface area contributed by atoms with Gasteiger partial charge in [-0.25, -0.2) is 13.1 Å². The van der Waals surface area contributed by atoms with Crippen LogP contribution >= 0.6 is 0 Å². The summed E-state index contributed by atoms with van der Waals surface area (Å²) in [6.45, 7) is 5.45. The van der Waals surface area contributed by atoms with Crippen LogP contribution in [0.1, 0.15) is 20.8 Å². The van der Waals surface area contributed by atoms with Gasteiger partial charge in [-0.2, -0.15) is 0 Å². The minimum Gasteiger partial charge on any atom is -0.384 e. The average Bonchev–Trinajstić information content (AvgIpc) is 1.99. The molecule has 0 heterocycles. The topological polar surface area (TPSA) is 81.4 Å². The fourth-order valence-electron chi connectivity index (χ4n) is 0.738. The van der Waals surface area contributed by atoms with Crippen molar-refractivity contribution in [2.75, 3.05) is 19.5 Å². The fraction of sp³-hybridized carbons (Fsp3) is 1.00. The van der Waals surface area contributed by atoms with E-state index in [4.69, 9.17) is 10.5 Å². The molecule has 0 fully saturated rings. The Balaban J connectivity index is 4.36. The Morgan fingerprint density at radius 2 is 2.00 bits per heavy atom. The van der Waals surface area contributed by atoms with Gasteiger partial charge in [-0.15, -0.1) is 0 Å². The van der Waals surface area contributed by atoms with Crippen LogP contribution in [0.3, 0.4) is 0 Å². The first-order chi connectivity index (χ1) is 6.21. The molecule has 0 spiro atoms. The summed E-state index contributed by atoms with van der Waals surface area (Å²) in [5, 5.41) is 0. The molecule has 0 aliphatic carbocycles. The van der Waals surface area contributed by atoms with Crippen LogP contribution in [0, 0.1) is 0 Å². The van der Waals surface area contributed by atoms with Crippen molar-refractivity contribution in [1.82, 2.24) is 4.72 Å². The summed E-state index contributed by atoms with van der Waals surface area (Å²) in [4.78, 5) is 0. The third-order valence-corrected chi connectivity index (χ3v) is 3.65. The first-order valence-electron chi connectivity index (χ1n) is 4.47. The average molecular weight is 224 g/mol. The summed E-state index contributed by atoms with van der Waals surface area (Å²) >= 11 is 0. The van der Waals surface area contributed by atoms with Gasteiger partial charge in [-0.1, -0.05) is 0 Å². The lowest BCUT2D eigenvalue weighted by atomic mass is 9.99. The van der Waals surface area contributed by atoms with Crippen LogP contribution in [0.2, 0.25) is 0 Å². The first kappa shape index (κ1) is 13.8. The molecule has 0 aliphatic rings. The lowest BCUT2D eigenvalue weighted by Crippen LogP contribution is -2.55. The molecule has 0 bridgehead atoms. The Hall–Kier alpha value is -0.170. The van der Waals surface area contributed by atoms with E-state index in [1.165, 1.54) is 7.11 Å². The molecule has 0 saturated heterocycles. The highest BCUT2D eigenvalue weighted by Crippen LogP contribution is 2.08. The van der Waals surface area contributed by atoms with Gasteiger partial charge in [0.25, 0.3) is 0 Å². The van der Waals surface area contributed by atoms with E-state index in [1.54, 1.807) is 20.8 Å². The second kappa shape index (κ2) is 5.06. The van der Waals surface area contributed by atoms with E-state index in [0.29, 0.717) is 0 Å². The van der Waals surface area contributed by atoms with Gasteiger partial charge in [0.05, 0.1) is 12.4 Å². The molecular formula is C8H20N2O3S. The Bertz CT molecular complexity index is 260. The van der Waals surface area contributed by atoms with Crippen molar-refractivity contribution in [2.45, 2.75) is 32.4 Å². The molecule has 0 rings (SSSR count). The van der Waals surface area contributed by atoms with E-state index < -0.39 is 15.6 Å². The zero-order valence-corrected chi connectivity index (χ0v) is 10.0. The maximum Gasteiger partial charge on any atom is 0.214 e. The fourth-order valence-corrected chi connectivity index (χ4v) is 2.21. The molecule has 0 aromatic rings. The van der Waals surface area contributed by atoms with Gasteiger partial charge >= 0.3 is 0 Å². The number of ether oxygens (including phenoxy) is 1. The van der Waals surface area contributed by atoms with Crippen molar-refractivity contribution in [1.29, 1.82) is 0 Å². The molecule has 0 aromatic heterocycles. The molecule has 0 saturated carbocycles. The van der Waals surface area contributed by atoms with Crippen LogP contribution in [-0.2, 0) is 14.8 Å². The van der Waals surface area contributed by atoms with Gasteiger partial charge in [0.1, 0.15) is 0 Å². The van der Waals surface area contributed by atoms with E-state index in [9.17, 15) is 8.42 Å². The second-order valence-electron chi connectivity index (χ2n) is 3.92. The van der Waals surface area contributed by atoms with Crippen molar-refractivity contribution in [2.24, 2.45) is 5.73 Å². The third kappa shape index (κ3) is 4.90. The zero-order valence-electron chi connectivity index (χ0n) is 9.20. The lowest BCUT2D eigenvalue weighted by molar-refractivity contribution is 0.216. The lowest BCUT2D eigenvalue weighted by Gasteiger charge is -2.29. The molecule has 1 atom stereocenters. The quantitative estimate of drug-likeness (QED) is 0.648. The number of rotatable bonds is 6. The van der Waals surface area contributed by atoms with Crippen LogP contribution in [0.5, 0.6) is 0 Å². The standard InChI is InChI=1S/C8H20N2O3S/c1-7(9)8(2,3)10-14(11,12)6-5-13-4/h7,10H,5-6,9H2,1-4H3. The molecule has 3 N–H and O–H groups in total. The van der Waals surface area contributed by atoms with Gasteiger partial charge in [0, 0.05) is 18.7 Å². The summed E-state index contributed by atoms with van der Waals surface area (Å²) in [6, 6.07) is -0.250. The number of hydrogen-bond donors (Lipinski definition) is 2. The van der Waals surface area contributed by atoms with Crippen molar-refractivity contribution < 1.29 is 13.2 Å². The molecule has 0 aromatic carbocycles. The predicted octanol–water partition coefficient (Wildman–Crippen LogP) is -0.322. The maximum absolute atomic E-state index is 11.5. The van der Waals surface area contributed by atoms with Crippen LogP contribution in [0.15, 0.2) is 0 Å². The van der Waals surface area contributed by atoms with E-state index in [1.807, 2.05) is 0 Å². The molecule has 86 valence electrons. The number of sulfonamides is 1. The Kier molecular flexibility index (Phi) is 5.00. The Labute approximate surface area is 86.1 Å². The van der Waals surface area contributed by atoms with E-state index in [2.05, 4.69) is 4.72 Å². The number of nitrogens with one attached hydrogen (secondary N) is 1. The minimum atomic E-state index is -3.30. The SMILES string of the molecule is COCCS(=O)(=O)NC(C)(C)C(C)N. The summed E-state index contributed by atoms with van der Waals surface area (Å²) in [6.07, 6.45) is 0. The van der Waals surface area contributed by atoms with Gasteiger partial charge in [0.2, 0.25) is 10.0 Å². The highest BCUT2D eigenvalue weighted by Gasteiger charge is 2.28. The van der Waals surface area contributed by atoms with Crippen molar-refractivity contribution in [3.05, 3.63) is 0 Å². The van der Waals surface area contributed by atoms with Crippen LogP contribution in [0.4, 0.5) is 0 Å². The van der Waals surface area contributed by atoms with Crippen LogP contribution in [-0.4, -0.2) is 39.5 Å². The largest absolute Gasteiger partial charge is 0.384 e. The monoisotopic (exact) mass is 224 g/mol. The number of nitrogens with two attached hydrogens (primary N) is 1. The minimum absolute atomic E-state index is 0.0420. The summed E-state index contributed by atoms with van der Waals surface area (Å²) in [5.41, 5.74) is 5.02. The van der Waals surface area contributed by atoms with Crippen LogP contribution in [0.25, 0.3) is 0 Å². The van der Waals surface area contributed by atoms with E-state index in [0.717, 1.165) is 0 Å². The van der Waals surface area contributed by atoms with Gasteiger partial charge in [-0.3, -0.25) is 0 Å². The number of hydrogen-bond acceptors (Lipinski definition) is 4. The Morgan fingerprint density at radius 1 is 1.50 bits per heavy atom. The van der Waals surface area contributed by atoms with Crippen molar-refractivity contribution in [3.8, 4) is 0 Å². The molecule has 1 unspecified atom stereocenters. The smallest absolute Gasteiger partial charge is 0.214 e. The van der Waals surface area contributed by atoms with E-state index >= 15 is 0 Å². The number of methoxy groups -OCH3 is 1. The summed E-state index contributed by atoms with van der Waals surface area (Å²) in [5.74, 6) is -0.0420. The predicted molar refractivity (Wildman–Crippen MR) is 56.5 cm³/mol. The van der Waals surface area contributed by atoms with E-state index in [-0.39, 0.29) is 18.4 Å².